The molecular weight excluding hydrogens is 388 g/mol. The number of thioether (sulfide) groups is 1. The van der Waals surface area contributed by atoms with E-state index in [9.17, 15) is 14.4 Å². The first kappa shape index (κ1) is 19.1. The van der Waals surface area contributed by atoms with Crippen LogP contribution in [0.1, 0.15) is 12.1 Å². The molecule has 148 valence electrons. The minimum absolute atomic E-state index is 0.0391. The van der Waals surface area contributed by atoms with E-state index >= 15 is 0 Å². The van der Waals surface area contributed by atoms with Crippen LogP contribution in [0, 0.1) is 6.92 Å². The molecule has 0 aliphatic carbocycles. The number of hydrogen-bond acceptors (Lipinski definition) is 5. The number of anilines is 2. The molecule has 2 N–H and O–H groups in total. The van der Waals surface area contributed by atoms with Crippen LogP contribution in [0.25, 0.3) is 5.69 Å². The van der Waals surface area contributed by atoms with Crippen LogP contribution in [0.5, 0.6) is 0 Å². The van der Waals surface area contributed by atoms with Crippen LogP contribution in [-0.4, -0.2) is 26.4 Å². The molecule has 1 fully saturated rings. The zero-order valence-electron chi connectivity index (χ0n) is 16.0. The van der Waals surface area contributed by atoms with Crippen molar-refractivity contribution >= 4 is 35.0 Å². The fourth-order valence-electron chi connectivity index (χ4n) is 3.49. The number of amides is 2. The van der Waals surface area contributed by atoms with Gasteiger partial charge in [-0.1, -0.05) is 24.3 Å². The molecule has 1 aromatic heterocycles. The van der Waals surface area contributed by atoms with Crippen LogP contribution in [0.4, 0.5) is 11.4 Å². The summed E-state index contributed by atoms with van der Waals surface area (Å²) >= 11 is 1.29. The smallest absolute Gasteiger partial charge is 0.296 e. The molecule has 3 aromatic rings. The Morgan fingerprint density at radius 2 is 1.76 bits per heavy atom. The predicted octanol–water partition coefficient (Wildman–Crippen LogP) is 2.49. The van der Waals surface area contributed by atoms with Gasteiger partial charge in [-0.25, -0.2) is 9.58 Å². The fourth-order valence-corrected chi connectivity index (χ4v) is 4.62. The largest absolute Gasteiger partial charge is 0.399 e. The van der Waals surface area contributed by atoms with E-state index < -0.39 is 10.8 Å². The number of carbonyl (C=O) groups excluding carboxylic acids is 2. The van der Waals surface area contributed by atoms with Gasteiger partial charge in [-0.05, 0) is 37.3 Å². The molecule has 1 aliphatic rings. The number of rotatable bonds is 4. The second-order valence-electron chi connectivity index (χ2n) is 6.86. The summed E-state index contributed by atoms with van der Waals surface area (Å²) in [6.07, 6.45) is 0.0391. The van der Waals surface area contributed by atoms with Crippen LogP contribution in [-0.2, 0) is 16.6 Å². The van der Waals surface area contributed by atoms with Gasteiger partial charge >= 0.3 is 0 Å². The van der Waals surface area contributed by atoms with E-state index in [4.69, 9.17) is 5.73 Å². The Morgan fingerprint density at radius 3 is 2.45 bits per heavy atom. The van der Waals surface area contributed by atoms with Gasteiger partial charge in [-0.3, -0.25) is 19.1 Å². The molecule has 29 heavy (non-hydrogen) atoms. The molecule has 2 heterocycles. The summed E-state index contributed by atoms with van der Waals surface area (Å²) in [6.45, 7) is 1.73. The topological polar surface area (TPSA) is 90.3 Å². The summed E-state index contributed by atoms with van der Waals surface area (Å²) in [7, 11) is 1.73. The van der Waals surface area contributed by atoms with E-state index in [0.717, 1.165) is 9.80 Å². The fraction of sp³-hybridized carbons (Fsp3) is 0.190. The molecule has 8 heteroatoms. The minimum atomic E-state index is -0.589. The third-order valence-electron chi connectivity index (χ3n) is 4.99. The van der Waals surface area contributed by atoms with Crippen molar-refractivity contribution in [2.75, 3.05) is 10.6 Å². The molecule has 1 saturated heterocycles. The summed E-state index contributed by atoms with van der Waals surface area (Å²) in [5.41, 5.74) is 7.33. The van der Waals surface area contributed by atoms with Crippen LogP contribution in [0.2, 0.25) is 0 Å². The summed E-state index contributed by atoms with van der Waals surface area (Å²) in [4.78, 5) is 40.8. The van der Waals surface area contributed by atoms with Gasteiger partial charge in [0.1, 0.15) is 5.69 Å². The number of carbonyl (C=O) groups is 2. The number of para-hydroxylation sites is 1. The van der Waals surface area contributed by atoms with E-state index in [-0.39, 0.29) is 23.9 Å². The van der Waals surface area contributed by atoms with E-state index in [1.54, 1.807) is 49.0 Å². The number of hydrogen-bond donors (Lipinski definition) is 1. The first-order valence-corrected chi connectivity index (χ1v) is 9.99. The molecule has 1 aliphatic heterocycles. The second-order valence-corrected chi connectivity index (χ2v) is 8.14. The maximum Gasteiger partial charge on any atom is 0.296 e. The van der Waals surface area contributed by atoms with Crippen molar-refractivity contribution in [1.29, 1.82) is 0 Å². The van der Waals surface area contributed by atoms with Crippen molar-refractivity contribution in [3.8, 4) is 5.69 Å². The van der Waals surface area contributed by atoms with Gasteiger partial charge in [0, 0.05) is 24.1 Å². The molecular formula is C21H20N4O3S. The molecule has 0 spiro atoms. The van der Waals surface area contributed by atoms with Crippen LogP contribution >= 0.6 is 11.8 Å². The Bertz CT molecular complexity index is 1170. The normalized spacial score (nSPS) is 16.6. The van der Waals surface area contributed by atoms with E-state index in [1.807, 2.05) is 24.3 Å². The maximum atomic E-state index is 13.2. The van der Waals surface area contributed by atoms with Gasteiger partial charge in [0.25, 0.3) is 5.56 Å². The summed E-state index contributed by atoms with van der Waals surface area (Å²) < 4.78 is 3.12. The first-order chi connectivity index (χ1) is 13.9. The maximum absolute atomic E-state index is 13.2. The van der Waals surface area contributed by atoms with Gasteiger partial charge in [-0.2, -0.15) is 0 Å². The highest BCUT2D eigenvalue weighted by Crippen LogP contribution is 2.34. The molecule has 4 rings (SSSR count). The SMILES string of the molecule is Cc1c(N2C(=O)CC(Sc3cccc(N)c3)C2=O)c(=O)n(-c2ccccc2)n1C. The van der Waals surface area contributed by atoms with Crippen molar-refractivity contribution in [3.63, 3.8) is 0 Å². The number of nitrogen functional groups attached to an aromatic ring is 1. The highest BCUT2D eigenvalue weighted by atomic mass is 32.2. The quantitative estimate of drug-likeness (QED) is 0.529. The van der Waals surface area contributed by atoms with Crippen LogP contribution in [0.15, 0.2) is 64.3 Å². The molecule has 2 aromatic carbocycles. The Hall–Kier alpha value is -3.26. The van der Waals surface area contributed by atoms with Gasteiger partial charge in [0.2, 0.25) is 11.8 Å². The lowest BCUT2D eigenvalue weighted by Gasteiger charge is -2.13. The third kappa shape index (κ3) is 3.25. The Balaban J connectivity index is 1.71. The number of nitrogens with two attached hydrogens (primary N) is 1. The van der Waals surface area contributed by atoms with Gasteiger partial charge in [-0.15, -0.1) is 11.8 Å². The van der Waals surface area contributed by atoms with E-state index in [0.29, 0.717) is 17.1 Å². The van der Waals surface area contributed by atoms with Crippen molar-refractivity contribution in [3.05, 3.63) is 70.6 Å². The van der Waals surface area contributed by atoms with Gasteiger partial charge < -0.3 is 5.73 Å². The molecule has 1 atom stereocenters. The third-order valence-corrected chi connectivity index (χ3v) is 6.17. The Labute approximate surface area is 171 Å². The summed E-state index contributed by atoms with van der Waals surface area (Å²) in [6, 6.07) is 16.3. The van der Waals surface area contributed by atoms with Crippen molar-refractivity contribution in [1.82, 2.24) is 9.36 Å². The van der Waals surface area contributed by atoms with Crippen LogP contribution < -0.4 is 16.2 Å². The zero-order chi connectivity index (χ0) is 20.7. The highest BCUT2D eigenvalue weighted by Gasteiger charge is 2.43. The lowest BCUT2D eigenvalue weighted by molar-refractivity contribution is -0.121. The van der Waals surface area contributed by atoms with Crippen molar-refractivity contribution < 1.29 is 9.59 Å². The summed E-state index contributed by atoms with van der Waals surface area (Å²) in [5.74, 6) is -0.754. The highest BCUT2D eigenvalue weighted by molar-refractivity contribution is 8.00. The molecule has 7 nitrogen and oxygen atoms in total. The number of aromatic nitrogens is 2. The molecule has 0 radical (unpaired) electrons. The number of benzene rings is 2. The summed E-state index contributed by atoms with van der Waals surface area (Å²) in [5, 5.41) is -0.589. The van der Waals surface area contributed by atoms with E-state index in [2.05, 4.69) is 0 Å². The number of nitrogens with zero attached hydrogens (tertiary/aromatic N) is 3. The minimum Gasteiger partial charge on any atom is -0.399 e. The zero-order valence-corrected chi connectivity index (χ0v) is 16.8. The van der Waals surface area contributed by atoms with Gasteiger partial charge in [0.15, 0.2) is 0 Å². The molecule has 0 saturated carbocycles. The molecule has 2 amide bonds. The first-order valence-electron chi connectivity index (χ1n) is 9.11. The molecule has 1 unspecified atom stereocenters. The second kappa shape index (κ2) is 7.29. The van der Waals surface area contributed by atoms with E-state index in [1.165, 1.54) is 16.4 Å². The Kier molecular flexibility index (Phi) is 4.79. The Morgan fingerprint density at radius 1 is 1.03 bits per heavy atom. The lowest BCUT2D eigenvalue weighted by atomic mass is 10.3. The average Bonchev–Trinajstić information content (AvgIpc) is 3.08. The monoisotopic (exact) mass is 408 g/mol. The van der Waals surface area contributed by atoms with Crippen molar-refractivity contribution in [2.45, 2.75) is 23.5 Å². The standard InChI is InChI=1S/C21H20N4O3S/c1-13-19(21(28)25(23(13)2)15-8-4-3-5-9-15)24-18(26)12-17(20(24)27)29-16-10-6-7-14(22)11-16/h3-11,17H,12,22H2,1-2H3. The average molecular weight is 408 g/mol. The van der Waals surface area contributed by atoms with Crippen LogP contribution in [0.3, 0.4) is 0 Å². The molecule has 0 bridgehead atoms. The lowest BCUT2D eigenvalue weighted by Crippen LogP contribution is -2.35. The van der Waals surface area contributed by atoms with Gasteiger partial charge in [0.05, 0.1) is 16.6 Å². The predicted molar refractivity (Wildman–Crippen MR) is 113 cm³/mol. The number of imide groups is 1. The van der Waals surface area contributed by atoms with Crippen molar-refractivity contribution in [2.24, 2.45) is 7.05 Å².